The quantitative estimate of drug-likeness (QED) is 0.789. The molecule has 1 N–H and O–H groups in total. The van der Waals surface area contributed by atoms with Crippen LogP contribution in [-0.2, 0) is 19.7 Å². The lowest BCUT2D eigenvalue weighted by molar-refractivity contribution is 0.142. The van der Waals surface area contributed by atoms with Gasteiger partial charge < -0.3 is 10.0 Å². The zero-order chi connectivity index (χ0) is 21.9. The molecule has 0 atom stereocenters. The SMILES string of the molecule is CCn1c(CO)nn(-c2cc3c(cc2F)CN(C24CCC(CC2)C4)C=C3C(C)C)c1=O. The Morgan fingerprint density at radius 1 is 1.29 bits per heavy atom. The Hall–Kier alpha value is -2.41. The molecule has 7 heteroatoms. The van der Waals surface area contributed by atoms with Crippen LogP contribution in [0.5, 0.6) is 0 Å². The molecular formula is C24H31FN4O2. The molecule has 0 spiro atoms. The average Bonchev–Trinajstić information content (AvgIpc) is 3.45. The highest BCUT2D eigenvalue weighted by Gasteiger charge is 2.48. The van der Waals surface area contributed by atoms with E-state index < -0.39 is 11.5 Å². The molecule has 2 fully saturated rings. The van der Waals surface area contributed by atoms with Gasteiger partial charge in [-0.1, -0.05) is 13.8 Å². The molecule has 2 aliphatic carbocycles. The summed E-state index contributed by atoms with van der Waals surface area (Å²) in [6.45, 7) is 6.84. The number of fused-ring (bicyclic) bond motifs is 3. The Morgan fingerprint density at radius 3 is 2.58 bits per heavy atom. The lowest BCUT2D eigenvalue weighted by Crippen LogP contribution is -2.43. The maximum atomic E-state index is 15.3. The summed E-state index contributed by atoms with van der Waals surface area (Å²) in [4.78, 5) is 15.3. The minimum Gasteiger partial charge on any atom is -0.388 e. The first-order valence-electron chi connectivity index (χ1n) is 11.5. The summed E-state index contributed by atoms with van der Waals surface area (Å²) in [6.07, 6.45) is 8.61. The van der Waals surface area contributed by atoms with Crippen LogP contribution in [0.2, 0.25) is 0 Å². The van der Waals surface area contributed by atoms with Gasteiger partial charge in [0.2, 0.25) is 0 Å². The highest BCUT2D eigenvalue weighted by molar-refractivity contribution is 5.73. The van der Waals surface area contributed by atoms with E-state index >= 15 is 4.39 Å². The third-order valence-corrected chi connectivity index (χ3v) is 7.68. The van der Waals surface area contributed by atoms with Gasteiger partial charge in [-0.15, -0.1) is 5.10 Å². The maximum Gasteiger partial charge on any atom is 0.350 e. The highest BCUT2D eigenvalue weighted by Crippen LogP contribution is 2.53. The van der Waals surface area contributed by atoms with Gasteiger partial charge in [-0.2, -0.15) is 4.68 Å². The summed E-state index contributed by atoms with van der Waals surface area (Å²) in [5.41, 5.74) is 3.09. The monoisotopic (exact) mass is 426 g/mol. The number of aliphatic hydroxyl groups is 1. The molecule has 0 saturated heterocycles. The van der Waals surface area contributed by atoms with E-state index in [4.69, 9.17) is 0 Å². The van der Waals surface area contributed by atoms with Crippen LogP contribution in [0.3, 0.4) is 0 Å². The number of rotatable bonds is 5. The van der Waals surface area contributed by atoms with Crippen LogP contribution in [0, 0.1) is 17.7 Å². The van der Waals surface area contributed by atoms with E-state index in [1.807, 2.05) is 0 Å². The van der Waals surface area contributed by atoms with Gasteiger partial charge in [0, 0.05) is 24.8 Å². The van der Waals surface area contributed by atoms with E-state index in [2.05, 4.69) is 30.0 Å². The molecule has 2 bridgehead atoms. The van der Waals surface area contributed by atoms with Crippen molar-refractivity contribution in [2.75, 3.05) is 0 Å². The molecule has 2 saturated carbocycles. The Bertz CT molecular complexity index is 1110. The number of allylic oxidation sites excluding steroid dienone is 1. The Morgan fingerprint density at radius 2 is 2.03 bits per heavy atom. The third kappa shape index (κ3) is 3.08. The van der Waals surface area contributed by atoms with Crippen molar-refractivity contribution in [3.05, 3.63) is 51.6 Å². The molecule has 0 amide bonds. The number of hydrogen-bond donors (Lipinski definition) is 1. The van der Waals surface area contributed by atoms with Crippen LogP contribution >= 0.6 is 0 Å². The summed E-state index contributed by atoms with van der Waals surface area (Å²) < 4.78 is 17.8. The van der Waals surface area contributed by atoms with E-state index in [0.717, 1.165) is 21.7 Å². The molecule has 1 aliphatic heterocycles. The average molecular weight is 427 g/mol. The van der Waals surface area contributed by atoms with Crippen LogP contribution in [0.15, 0.2) is 23.1 Å². The van der Waals surface area contributed by atoms with Crippen LogP contribution in [0.1, 0.15) is 69.8 Å². The smallest absolute Gasteiger partial charge is 0.350 e. The van der Waals surface area contributed by atoms with Crippen LogP contribution in [-0.4, -0.2) is 29.9 Å². The molecule has 1 aromatic carbocycles. The van der Waals surface area contributed by atoms with E-state index in [-0.39, 0.29) is 29.6 Å². The zero-order valence-electron chi connectivity index (χ0n) is 18.6. The first kappa shape index (κ1) is 20.5. The summed E-state index contributed by atoms with van der Waals surface area (Å²) in [6, 6.07) is 3.36. The van der Waals surface area contributed by atoms with E-state index in [1.165, 1.54) is 42.2 Å². The lowest BCUT2D eigenvalue weighted by Gasteiger charge is -2.43. The number of aromatic nitrogens is 3. The van der Waals surface area contributed by atoms with Crippen molar-refractivity contribution < 1.29 is 9.50 Å². The van der Waals surface area contributed by atoms with Crippen molar-refractivity contribution in [1.29, 1.82) is 0 Å². The van der Waals surface area contributed by atoms with Gasteiger partial charge in [0.15, 0.2) is 5.82 Å². The molecule has 0 radical (unpaired) electrons. The van der Waals surface area contributed by atoms with Crippen molar-refractivity contribution >= 4 is 5.57 Å². The standard InChI is InChI=1S/C24H31FN4O2/c1-4-28-22(14-30)26-29(23(28)31)21-10-18-17(9-20(21)25)12-27(13-19(18)15(2)3)24-7-5-16(11-24)6-8-24/h9-10,13,15-16,30H,4-8,11-12,14H2,1-3H3. The molecule has 0 unspecified atom stereocenters. The first-order valence-corrected chi connectivity index (χ1v) is 11.5. The fraction of sp³-hybridized carbons (Fsp3) is 0.583. The molecule has 2 aromatic rings. The fourth-order valence-electron chi connectivity index (χ4n) is 5.99. The van der Waals surface area contributed by atoms with Gasteiger partial charge in [0.1, 0.15) is 18.1 Å². The number of halogens is 1. The second-order valence-electron chi connectivity index (χ2n) is 9.71. The number of benzene rings is 1. The molecular weight excluding hydrogens is 395 g/mol. The number of nitrogens with zero attached hydrogens (tertiary/aromatic N) is 4. The van der Waals surface area contributed by atoms with Gasteiger partial charge in [-0.05, 0) is 79.7 Å². The lowest BCUT2D eigenvalue weighted by atomic mass is 9.85. The van der Waals surface area contributed by atoms with Gasteiger partial charge in [0.05, 0.1) is 0 Å². The normalized spacial score (nSPS) is 24.8. The molecule has 31 heavy (non-hydrogen) atoms. The van der Waals surface area contributed by atoms with Crippen molar-refractivity contribution in [3.63, 3.8) is 0 Å². The minimum absolute atomic E-state index is 0.144. The second kappa shape index (κ2) is 7.33. The largest absolute Gasteiger partial charge is 0.388 e. The summed E-state index contributed by atoms with van der Waals surface area (Å²) in [7, 11) is 0. The van der Waals surface area contributed by atoms with Gasteiger partial charge in [0.25, 0.3) is 0 Å². The van der Waals surface area contributed by atoms with E-state index in [9.17, 15) is 9.90 Å². The summed E-state index contributed by atoms with van der Waals surface area (Å²) in [5.74, 6) is 0.904. The Kier molecular flexibility index (Phi) is 4.84. The van der Waals surface area contributed by atoms with Crippen LogP contribution in [0.25, 0.3) is 11.3 Å². The molecule has 2 heterocycles. The maximum absolute atomic E-state index is 15.3. The number of hydrogen-bond acceptors (Lipinski definition) is 4. The number of aliphatic hydroxyl groups excluding tert-OH is 1. The fourth-order valence-corrected chi connectivity index (χ4v) is 5.99. The Balaban J connectivity index is 1.61. The molecule has 1 aromatic heterocycles. The molecule has 166 valence electrons. The van der Waals surface area contributed by atoms with Crippen molar-refractivity contribution in [3.8, 4) is 5.69 Å². The zero-order valence-corrected chi connectivity index (χ0v) is 18.6. The second-order valence-corrected chi connectivity index (χ2v) is 9.71. The third-order valence-electron chi connectivity index (χ3n) is 7.68. The minimum atomic E-state index is -0.454. The molecule has 3 aliphatic rings. The van der Waals surface area contributed by atoms with Gasteiger partial charge >= 0.3 is 5.69 Å². The van der Waals surface area contributed by atoms with Crippen LogP contribution in [0.4, 0.5) is 4.39 Å². The molecule has 5 rings (SSSR count). The summed E-state index contributed by atoms with van der Waals surface area (Å²) in [5, 5.41) is 13.8. The van der Waals surface area contributed by atoms with E-state index in [1.54, 1.807) is 19.1 Å². The first-order chi connectivity index (χ1) is 14.9. The van der Waals surface area contributed by atoms with Crippen LogP contribution < -0.4 is 5.69 Å². The van der Waals surface area contributed by atoms with E-state index in [0.29, 0.717) is 13.1 Å². The van der Waals surface area contributed by atoms with Crippen molar-refractivity contribution in [2.45, 2.75) is 78.1 Å². The van der Waals surface area contributed by atoms with Crippen molar-refractivity contribution in [1.82, 2.24) is 19.2 Å². The molecule has 6 nitrogen and oxygen atoms in total. The van der Waals surface area contributed by atoms with Crippen molar-refractivity contribution in [2.24, 2.45) is 11.8 Å². The Labute approximate surface area is 182 Å². The topological polar surface area (TPSA) is 63.3 Å². The van der Waals surface area contributed by atoms with Gasteiger partial charge in [-0.25, -0.2) is 9.18 Å². The highest BCUT2D eigenvalue weighted by atomic mass is 19.1. The summed E-state index contributed by atoms with van der Waals surface area (Å²) >= 11 is 0. The predicted molar refractivity (Wildman–Crippen MR) is 117 cm³/mol. The van der Waals surface area contributed by atoms with Gasteiger partial charge in [-0.3, -0.25) is 4.57 Å². The predicted octanol–water partition coefficient (Wildman–Crippen LogP) is 3.83.